The molecule has 3 aliphatic rings. The van der Waals surface area contributed by atoms with Crippen molar-refractivity contribution >= 4 is 18.0 Å². The second kappa shape index (κ2) is 8.37. The van der Waals surface area contributed by atoms with E-state index in [4.69, 9.17) is 9.47 Å². The van der Waals surface area contributed by atoms with Crippen LogP contribution in [0.3, 0.4) is 0 Å². The first-order valence-electron chi connectivity index (χ1n) is 12.0. The maximum absolute atomic E-state index is 13.4. The first kappa shape index (κ1) is 23.4. The van der Waals surface area contributed by atoms with Gasteiger partial charge in [-0.3, -0.25) is 9.59 Å². The predicted octanol–water partition coefficient (Wildman–Crippen LogP) is 3.30. The van der Waals surface area contributed by atoms with Gasteiger partial charge in [-0.15, -0.1) is 0 Å². The van der Waals surface area contributed by atoms with E-state index in [0.717, 1.165) is 22.3 Å². The van der Waals surface area contributed by atoms with Crippen molar-refractivity contribution < 1.29 is 29.0 Å². The lowest BCUT2D eigenvalue weighted by Crippen LogP contribution is -2.82. The molecule has 0 radical (unpaired) electrons. The Kier molecular flexibility index (Phi) is 5.59. The number of hydrogen-bond acceptors (Lipinski definition) is 5. The van der Waals surface area contributed by atoms with Gasteiger partial charge in [0.15, 0.2) is 0 Å². The third kappa shape index (κ3) is 3.42. The second-order valence-electron chi connectivity index (χ2n) is 10.2. The highest BCUT2D eigenvalue weighted by Crippen LogP contribution is 2.59. The van der Waals surface area contributed by atoms with Gasteiger partial charge in [-0.1, -0.05) is 62.4 Å². The van der Waals surface area contributed by atoms with Crippen molar-refractivity contribution in [1.29, 1.82) is 0 Å². The number of rotatable bonds is 6. The van der Waals surface area contributed by atoms with Crippen LogP contribution < -0.4 is 10.6 Å². The van der Waals surface area contributed by atoms with Crippen molar-refractivity contribution in [1.82, 2.24) is 10.6 Å². The normalized spacial score (nSPS) is 26.5. The molecule has 0 aromatic heterocycles. The van der Waals surface area contributed by atoms with Crippen LogP contribution in [0.2, 0.25) is 0 Å². The number of benzene rings is 2. The molecule has 1 saturated heterocycles. The van der Waals surface area contributed by atoms with Crippen molar-refractivity contribution in [2.24, 2.45) is 11.3 Å². The number of carboxylic acids is 1. The van der Waals surface area contributed by atoms with Crippen molar-refractivity contribution in [3.8, 4) is 11.1 Å². The number of amides is 2. The van der Waals surface area contributed by atoms with Crippen LogP contribution in [-0.2, 0) is 19.1 Å². The summed E-state index contributed by atoms with van der Waals surface area (Å²) in [6.07, 6.45) is -0.321. The molecule has 1 aliphatic heterocycles. The lowest BCUT2D eigenvalue weighted by atomic mass is 9.47. The summed E-state index contributed by atoms with van der Waals surface area (Å²) in [5.74, 6) is -2.05. The Balaban J connectivity index is 1.36. The van der Waals surface area contributed by atoms with E-state index in [0.29, 0.717) is 13.0 Å². The van der Waals surface area contributed by atoms with E-state index in [-0.39, 0.29) is 24.5 Å². The van der Waals surface area contributed by atoms with Gasteiger partial charge in [-0.05, 0) is 35.6 Å². The topological polar surface area (TPSA) is 114 Å². The molecule has 0 bridgehead atoms. The summed E-state index contributed by atoms with van der Waals surface area (Å²) in [6, 6.07) is 15.0. The summed E-state index contributed by atoms with van der Waals surface area (Å²) < 4.78 is 11.6. The summed E-state index contributed by atoms with van der Waals surface area (Å²) in [5.41, 5.74) is 2.36. The van der Waals surface area contributed by atoms with Crippen molar-refractivity contribution in [2.75, 3.05) is 13.2 Å². The smallest absolute Gasteiger partial charge is 0.408 e. The average Bonchev–Trinajstić information content (AvgIpc) is 3.43. The maximum Gasteiger partial charge on any atom is 0.408 e. The molecule has 0 spiro atoms. The maximum atomic E-state index is 13.4. The molecule has 4 atom stereocenters. The SMILES string of the molecule is C[C@H](NC(=O)C1(NC(=O)OCC2c3ccccc3-c3ccccc32)C2CCOC2C1(C)C)C(=O)O. The molecule has 3 N–H and O–H groups in total. The van der Waals surface area contributed by atoms with E-state index >= 15 is 0 Å². The number of aliphatic carboxylic acids is 1. The minimum absolute atomic E-state index is 0.109. The highest BCUT2D eigenvalue weighted by Gasteiger charge is 2.74. The molecule has 2 aromatic carbocycles. The quantitative estimate of drug-likeness (QED) is 0.587. The van der Waals surface area contributed by atoms with Gasteiger partial charge in [-0.25, -0.2) is 4.79 Å². The molecule has 8 heteroatoms. The van der Waals surface area contributed by atoms with Crippen LogP contribution in [0, 0.1) is 11.3 Å². The molecule has 184 valence electrons. The molecule has 2 aromatic rings. The Morgan fingerprint density at radius 3 is 2.29 bits per heavy atom. The van der Waals surface area contributed by atoms with Crippen LogP contribution in [0.25, 0.3) is 11.1 Å². The molecule has 2 aliphatic carbocycles. The number of alkyl carbamates (subject to hydrolysis) is 1. The van der Waals surface area contributed by atoms with Crippen LogP contribution >= 0.6 is 0 Å². The highest BCUT2D eigenvalue weighted by atomic mass is 16.5. The standard InChI is InChI=1S/C27H30N2O6/c1-15(23(30)31)28-24(32)27(21-12-13-34-22(21)26(27,2)3)29-25(33)35-14-20-18-10-6-4-8-16(18)17-9-5-7-11-19(17)20/h4-11,15,20-22H,12-14H2,1-3H3,(H,28,32)(H,29,33)(H,30,31)/t15-,21?,22?,27?/m0/s1. The lowest BCUT2D eigenvalue weighted by molar-refractivity contribution is -0.184. The molecular formula is C27H30N2O6. The van der Waals surface area contributed by atoms with Crippen LogP contribution in [0.1, 0.15) is 44.2 Å². The van der Waals surface area contributed by atoms with Gasteiger partial charge in [-0.2, -0.15) is 0 Å². The Morgan fingerprint density at radius 1 is 1.09 bits per heavy atom. The zero-order valence-corrected chi connectivity index (χ0v) is 20.0. The molecule has 1 saturated carbocycles. The van der Waals surface area contributed by atoms with Gasteiger partial charge in [0.05, 0.1) is 6.10 Å². The lowest BCUT2D eigenvalue weighted by Gasteiger charge is -2.62. The number of hydrogen-bond donors (Lipinski definition) is 3. The fourth-order valence-electron chi connectivity index (χ4n) is 6.29. The van der Waals surface area contributed by atoms with E-state index in [1.807, 2.05) is 50.2 Å². The Labute approximate surface area is 204 Å². The van der Waals surface area contributed by atoms with E-state index in [2.05, 4.69) is 22.8 Å². The largest absolute Gasteiger partial charge is 0.480 e. The van der Waals surface area contributed by atoms with Crippen molar-refractivity contribution in [2.45, 2.75) is 50.8 Å². The third-order valence-electron chi connectivity index (χ3n) is 8.09. The van der Waals surface area contributed by atoms with Gasteiger partial charge in [0.2, 0.25) is 5.91 Å². The summed E-state index contributed by atoms with van der Waals surface area (Å²) >= 11 is 0. The van der Waals surface area contributed by atoms with E-state index < -0.39 is 35.0 Å². The number of carbonyl (C=O) groups is 3. The monoisotopic (exact) mass is 478 g/mol. The number of nitrogens with one attached hydrogen (secondary N) is 2. The van der Waals surface area contributed by atoms with E-state index in [9.17, 15) is 19.5 Å². The summed E-state index contributed by atoms with van der Waals surface area (Å²) in [4.78, 5) is 38.0. The Bertz CT molecular complexity index is 1150. The number of carboxylic acid groups (broad SMARTS) is 1. The third-order valence-corrected chi connectivity index (χ3v) is 8.09. The first-order chi connectivity index (χ1) is 16.7. The van der Waals surface area contributed by atoms with Crippen molar-refractivity contribution in [3.63, 3.8) is 0 Å². The van der Waals surface area contributed by atoms with Gasteiger partial charge in [0.25, 0.3) is 0 Å². The van der Waals surface area contributed by atoms with Gasteiger partial charge >= 0.3 is 12.1 Å². The fourth-order valence-corrected chi connectivity index (χ4v) is 6.29. The molecular weight excluding hydrogens is 448 g/mol. The van der Waals surface area contributed by atoms with Crippen LogP contribution in [-0.4, -0.2) is 54.0 Å². The fraction of sp³-hybridized carbons (Fsp3) is 0.444. The molecule has 1 heterocycles. The summed E-state index contributed by atoms with van der Waals surface area (Å²) in [7, 11) is 0. The van der Waals surface area contributed by atoms with E-state index in [1.165, 1.54) is 6.92 Å². The number of ether oxygens (including phenoxy) is 2. The van der Waals surface area contributed by atoms with Crippen LogP contribution in [0.5, 0.6) is 0 Å². The molecule has 2 amide bonds. The van der Waals surface area contributed by atoms with Gasteiger partial charge in [0.1, 0.15) is 18.2 Å². The Hall–Kier alpha value is -3.39. The highest BCUT2D eigenvalue weighted by molar-refractivity contribution is 5.95. The summed E-state index contributed by atoms with van der Waals surface area (Å²) in [6.45, 7) is 5.71. The summed E-state index contributed by atoms with van der Waals surface area (Å²) in [5, 5.41) is 14.7. The average molecular weight is 479 g/mol. The molecule has 35 heavy (non-hydrogen) atoms. The van der Waals surface area contributed by atoms with Crippen LogP contribution in [0.15, 0.2) is 48.5 Å². The zero-order chi connectivity index (χ0) is 25.0. The molecule has 8 nitrogen and oxygen atoms in total. The van der Waals surface area contributed by atoms with E-state index in [1.54, 1.807) is 0 Å². The number of fused-ring (bicyclic) bond motifs is 4. The van der Waals surface area contributed by atoms with Gasteiger partial charge in [0, 0.05) is 23.9 Å². The second-order valence-corrected chi connectivity index (χ2v) is 10.2. The zero-order valence-electron chi connectivity index (χ0n) is 20.0. The molecule has 2 fully saturated rings. The first-order valence-corrected chi connectivity index (χ1v) is 12.0. The minimum Gasteiger partial charge on any atom is -0.480 e. The Morgan fingerprint density at radius 2 is 1.69 bits per heavy atom. The van der Waals surface area contributed by atoms with Gasteiger partial charge < -0.3 is 25.2 Å². The predicted molar refractivity (Wildman–Crippen MR) is 128 cm³/mol. The minimum atomic E-state index is -1.33. The molecule has 5 rings (SSSR count). The number of carbonyl (C=O) groups excluding carboxylic acids is 2. The van der Waals surface area contributed by atoms with Crippen LogP contribution in [0.4, 0.5) is 4.79 Å². The van der Waals surface area contributed by atoms with Crippen molar-refractivity contribution in [3.05, 3.63) is 59.7 Å². The molecule has 3 unspecified atom stereocenters.